The molecule has 0 fully saturated rings. The van der Waals surface area contributed by atoms with Crippen LogP contribution < -0.4 is 10.1 Å². The SMILES string of the molecule is COc1cc(C)ccc1C(C)Nc1cc(Cl)cc(Cl)c1. The van der Waals surface area contributed by atoms with E-state index in [2.05, 4.69) is 24.4 Å². The molecule has 2 aromatic carbocycles. The third-order valence-corrected chi connectivity index (χ3v) is 3.54. The van der Waals surface area contributed by atoms with E-state index in [-0.39, 0.29) is 6.04 Å². The molecule has 0 spiro atoms. The molecule has 0 aliphatic heterocycles. The Hall–Kier alpha value is -1.38. The minimum atomic E-state index is 0.0834. The first-order chi connectivity index (χ1) is 9.49. The van der Waals surface area contributed by atoms with Gasteiger partial charge in [0.05, 0.1) is 13.2 Å². The normalized spacial score (nSPS) is 12.1. The van der Waals surface area contributed by atoms with Crippen molar-refractivity contribution in [2.45, 2.75) is 19.9 Å². The molecule has 0 saturated heterocycles. The summed E-state index contributed by atoms with van der Waals surface area (Å²) in [5, 5.41) is 4.61. The summed E-state index contributed by atoms with van der Waals surface area (Å²) < 4.78 is 5.44. The largest absolute Gasteiger partial charge is 0.496 e. The number of benzene rings is 2. The van der Waals surface area contributed by atoms with Gasteiger partial charge < -0.3 is 10.1 Å². The van der Waals surface area contributed by atoms with Gasteiger partial charge in [-0.25, -0.2) is 0 Å². The summed E-state index contributed by atoms with van der Waals surface area (Å²) in [6.45, 7) is 4.11. The summed E-state index contributed by atoms with van der Waals surface area (Å²) in [5.74, 6) is 0.873. The molecule has 2 nitrogen and oxygen atoms in total. The van der Waals surface area contributed by atoms with Crippen LogP contribution in [0.4, 0.5) is 5.69 Å². The Labute approximate surface area is 129 Å². The van der Waals surface area contributed by atoms with E-state index in [9.17, 15) is 0 Å². The maximum absolute atomic E-state index is 6.01. The molecule has 0 aliphatic rings. The maximum Gasteiger partial charge on any atom is 0.124 e. The van der Waals surface area contributed by atoms with Crippen molar-refractivity contribution in [1.82, 2.24) is 0 Å². The molecule has 0 aliphatic carbocycles. The van der Waals surface area contributed by atoms with Crippen molar-refractivity contribution in [3.05, 3.63) is 57.6 Å². The summed E-state index contributed by atoms with van der Waals surface area (Å²) in [6, 6.07) is 11.7. The third kappa shape index (κ3) is 3.59. The minimum Gasteiger partial charge on any atom is -0.496 e. The fourth-order valence-electron chi connectivity index (χ4n) is 2.14. The summed E-state index contributed by atoms with van der Waals surface area (Å²) in [6.07, 6.45) is 0. The summed E-state index contributed by atoms with van der Waals surface area (Å²) in [4.78, 5) is 0. The van der Waals surface area contributed by atoms with Gasteiger partial charge in [-0.1, -0.05) is 35.3 Å². The standard InChI is InChI=1S/C16H17Cl2NO/c1-10-4-5-15(16(6-10)20-3)11(2)19-14-8-12(17)7-13(18)9-14/h4-9,11,19H,1-3H3. The van der Waals surface area contributed by atoms with Gasteiger partial charge in [-0.15, -0.1) is 0 Å². The molecule has 0 heterocycles. The maximum atomic E-state index is 6.01. The quantitative estimate of drug-likeness (QED) is 0.807. The van der Waals surface area contributed by atoms with E-state index < -0.39 is 0 Å². The topological polar surface area (TPSA) is 21.3 Å². The zero-order valence-corrected chi connectivity index (χ0v) is 13.2. The van der Waals surface area contributed by atoms with Crippen LogP contribution >= 0.6 is 23.2 Å². The highest BCUT2D eigenvalue weighted by molar-refractivity contribution is 6.35. The van der Waals surface area contributed by atoms with Crippen LogP contribution in [0, 0.1) is 6.92 Å². The zero-order chi connectivity index (χ0) is 14.7. The fourth-order valence-corrected chi connectivity index (χ4v) is 2.67. The summed E-state index contributed by atoms with van der Waals surface area (Å²) in [7, 11) is 1.68. The average molecular weight is 310 g/mol. The van der Waals surface area contributed by atoms with Gasteiger partial charge >= 0.3 is 0 Å². The minimum absolute atomic E-state index is 0.0834. The highest BCUT2D eigenvalue weighted by Crippen LogP contribution is 2.30. The first-order valence-corrected chi connectivity index (χ1v) is 7.12. The molecule has 4 heteroatoms. The third-order valence-electron chi connectivity index (χ3n) is 3.10. The van der Waals surface area contributed by atoms with Crippen LogP contribution in [0.25, 0.3) is 0 Å². The van der Waals surface area contributed by atoms with Gasteiger partial charge in [0.1, 0.15) is 5.75 Å². The number of ether oxygens (including phenoxy) is 1. The lowest BCUT2D eigenvalue weighted by Gasteiger charge is -2.19. The van der Waals surface area contributed by atoms with Crippen molar-refractivity contribution in [3.63, 3.8) is 0 Å². The molecule has 2 rings (SSSR count). The molecule has 0 radical (unpaired) electrons. The Morgan fingerprint density at radius 3 is 2.30 bits per heavy atom. The van der Waals surface area contributed by atoms with E-state index in [0.717, 1.165) is 17.0 Å². The van der Waals surface area contributed by atoms with Crippen LogP contribution in [0.15, 0.2) is 36.4 Å². The highest BCUT2D eigenvalue weighted by atomic mass is 35.5. The van der Waals surface area contributed by atoms with Crippen LogP contribution in [0.5, 0.6) is 5.75 Å². The Bertz CT molecular complexity index is 593. The van der Waals surface area contributed by atoms with Crippen LogP contribution in [0.3, 0.4) is 0 Å². The molecule has 0 saturated carbocycles. The van der Waals surface area contributed by atoms with Crippen LogP contribution in [0.1, 0.15) is 24.1 Å². The fraction of sp³-hybridized carbons (Fsp3) is 0.250. The van der Waals surface area contributed by atoms with Gasteiger partial charge in [0, 0.05) is 21.3 Å². The Kier molecular flexibility index (Phi) is 4.79. The Balaban J connectivity index is 2.25. The van der Waals surface area contributed by atoms with Crippen LogP contribution in [-0.2, 0) is 0 Å². The second-order valence-corrected chi connectivity index (χ2v) is 5.64. The summed E-state index contributed by atoms with van der Waals surface area (Å²) in [5.41, 5.74) is 3.15. The molecule has 0 aromatic heterocycles. The van der Waals surface area contributed by atoms with Crippen molar-refractivity contribution in [2.75, 3.05) is 12.4 Å². The van der Waals surface area contributed by atoms with Crippen molar-refractivity contribution in [3.8, 4) is 5.75 Å². The van der Waals surface area contributed by atoms with E-state index in [1.807, 2.05) is 25.1 Å². The molecular formula is C16H17Cl2NO. The number of nitrogens with one attached hydrogen (secondary N) is 1. The predicted octanol–water partition coefficient (Wildman–Crippen LogP) is 5.48. The van der Waals surface area contributed by atoms with Gasteiger partial charge in [-0.05, 0) is 43.7 Å². The van der Waals surface area contributed by atoms with Crippen molar-refractivity contribution < 1.29 is 4.74 Å². The van der Waals surface area contributed by atoms with Gasteiger partial charge in [0.15, 0.2) is 0 Å². The number of hydrogen-bond acceptors (Lipinski definition) is 2. The number of hydrogen-bond donors (Lipinski definition) is 1. The van der Waals surface area contributed by atoms with E-state index in [4.69, 9.17) is 27.9 Å². The molecule has 0 amide bonds. The Morgan fingerprint density at radius 1 is 1.05 bits per heavy atom. The number of halogens is 2. The smallest absolute Gasteiger partial charge is 0.124 e. The number of rotatable bonds is 4. The van der Waals surface area contributed by atoms with Gasteiger partial charge in [0.2, 0.25) is 0 Å². The number of methoxy groups -OCH3 is 1. The lowest BCUT2D eigenvalue weighted by molar-refractivity contribution is 0.407. The molecule has 106 valence electrons. The molecule has 2 aromatic rings. The van der Waals surface area contributed by atoms with Crippen molar-refractivity contribution in [1.29, 1.82) is 0 Å². The molecule has 20 heavy (non-hydrogen) atoms. The first-order valence-electron chi connectivity index (χ1n) is 6.37. The second-order valence-electron chi connectivity index (χ2n) is 4.77. The van der Waals surface area contributed by atoms with Gasteiger partial charge in [0.25, 0.3) is 0 Å². The number of anilines is 1. The van der Waals surface area contributed by atoms with Crippen LogP contribution in [0.2, 0.25) is 10.0 Å². The van der Waals surface area contributed by atoms with Crippen molar-refractivity contribution >= 4 is 28.9 Å². The van der Waals surface area contributed by atoms with E-state index in [1.54, 1.807) is 13.2 Å². The monoisotopic (exact) mass is 309 g/mol. The molecular weight excluding hydrogens is 293 g/mol. The van der Waals surface area contributed by atoms with E-state index >= 15 is 0 Å². The molecule has 1 N–H and O–H groups in total. The second kappa shape index (κ2) is 6.38. The van der Waals surface area contributed by atoms with Crippen LogP contribution in [-0.4, -0.2) is 7.11 Å². The first kappa shape index (κ1) is 15.0. The lowest BCUT2D eigenvalue weighted by Crippen LogP contribution is -2.08. The Morgan fingerprint density at radius 2 is 1.70 bits per heavy atom. The lowest BCUT2D eigenvalue weighted by atomic mass is 10.0. The van der Waals surface area contributed by atoms with E-state index in [0.29, 0.717) is 10.0 Å². The zero-order valence-electron chi connectivity index (χ0n) is 11.7. The van der Waals surface area contributed by atoms with E-state index in [1.165, 1.54) is 5.56 Å². The predicted molar refractivity (Wildman–Crippen MR) is 86.2 cm³/mol. The molecule has 0 bridgehead atoms. The van der Waals surface area contributed by atoms with Gasteiger partial charge in [-0.2, -0.15) is 0 Å². The van der Waals surface area contributed by atoms with Gasteiger partial charge in [-0.3, -0.25) is 0 Å². The van der Waals surface area contributed by atoms with Crippen molar-refractivity contribution in [2.24, 2.45) is 0 Å². The molecule has 1 atom stereocenters. The summed E-state index contributed by atoms with van der Waals surface area (Å²) >= 11 is 12.0. The highest BCUT2D eigenvalue weighted by Gasteiger charge is 2.12. The molecule has 1 unspecified atom stereocenters. The average Bonchev–Trinajstić information content (AvgIpc) is 2.37. The number of aryl methyl sites for hydroxylation is 1.